The summed E-state index contributed by atoms with van der Waals surface area (Å²) >= 11 is 0. The molecule has 0 spiro atoms. The Hall–Kier alpha value is -1.94. The van der Waals surface area contributed by atoms with Crippen LogP contribution < -0.4 is 0 Å². The van der Waals surface area contributed by atoms with Crippen LogP contribution in [0.2, 0.25) is 0 Å². The van der Waals surface area contributed by atoms with Crippen molar-refractivity contribution in [2.75, 3.05) is 39.6 Å². The second-order valence-electron chi connectivity index (χ2n) is 25.6. The summed E-state index contributed by atoms with van der Waals surface area (Å²) in [6, 6.07) is 0. The summed E-state index contributed by atoms with van der Waals surface area (Å²) in [5.41, 5.74) is 0. The van der Waals surface area contributed by atoms with Crippen LogP contribution in [-0.2, 0) is 65.4 Å². The Morgan fingerprint density at radius 3 is 0.826 bits per heavy atom. The van der Waals surface area contributed by atoms with Gasteiger partial charge in [-0.25, -0.2) is 9.13 Å². The van der Waals surface area contributed by atoms with E-state index in [9.17, 15) is 43.2 Å². The molecule has 0 aromatic rings. The summed E-state index contributed by atoms with van der Waals surface area (Å²) in [6.07, 6.45) is 37.6. The SMILES string of the molecule is CCC(C)CCCCCCCCCCC(=O)O[C@H](COC(=O)CCCCCCCCC(C)CC)COP(=O)(O)OCC(O)COP(=O)(O)OC[C@@H](COC(=O)CCCCCCCCCC(C)C)OC(=O)CCCCCCCCCCCCCC(C)C. The second kappa shape index (κ2) is 57.0. The van der Waals surface area contributed by atoms with Crippen molar-refractivity contribution in [3.8, 4) is 0 Å². The Morgan fingerprint density at radius 1 is 0.326 bits per heavy atom. The molecule has 0 saturated heterocycles. The van der Waals surface area contributed by atoms with Gasteiger partial charge in [-0.15, -0.1) is 0 Å². The van der Waals surface area contributed by atoms with Gasteiger partial charge in [0.1, 0.15) is 19.3 Å². The molecule has 0 aromatic carbocycles. The van der Waals surface area contributed by atoms with Gasteiger partial charge in [-0.1, -0.05) is 274 Å². The van der Waals surface area contributed by atoms with Crippen molar-refractivity contribution < 1.29 is 80.2 Å². The predicted octanol–water partition coefficient (Wildman–Crippen LogP) is 18.5. The van der Waals surface area contributed by atoms with Crippen molar-refractivity contribution >= 4 is 39.5 Å². The third kappa shape index (κ3) is 58.4. The smallest absolute Gasteiger partial charge is 0.462 e. The van der Waals surface area contributed by atoms with Gasteiger partial charge < -0.3 is 33.8 Å². The van der Waals surface area contributed by atoms with Crippen LogP contribution >= 0.6 is 15.6 Å². The van der Waals surface area contributed by atoms with Gasteiger partial charge in [-0.3, -0.25) is 37.3 Å². The largest absolute Gasteiger partial charge is 0.472 e. The summed E-state index contributed by atoms with van der Waals surface area (Å²) in [6.45, 7) is 14.0. The lowest BCUT2D eigenvalue weighted by molar-refractivity contribution is -0.161. The van der Waals surface area contributed by atoms with Crippen molar-refractivity contribution in [2.24, 2.45) is 23.7 Å². The summed E-state index contributed by atoms with van der Waals surface area (Å²) in [7, 11) is -9.90. The highest BCUT2D eigenvalue weighted by Crippen LogP contribution is 2.45. The summed E-state index contributed by atoms with van der Waals surface area (Å²) in [5, 5.41) is 10.6. The molecule has 0 radical (unpaired) electrons. The van der Waals surface area contributed by atoms with Crippen molar-refractivity contribution in [1.82, 2.24) is 0 Å². The maximum Gasteiger partial charge on any atom is 0.472 e. The fourth-order valence-electron chi connectivity index (χ4n) is 9.89. The van der Waals surface area contributed by atoms with Gasteiger partial charge >= 0.3 is 39.5 Å². The van der Waals surface area contributed by atoms with Crippen molar-refractivity contribution in [3.63, 3.8) is 0 Å². The molecule has 3 N–H and O–H groups in total. The number of carbonyl (C=O) groups excluding carboxylic acids is 4. The van der Waals surface area contributed by atoms with Crippen LogP contribution in [0.1, 0.15) is 325 Å². The molecular formula is C67H130O17P2. The van der Waals surface area contributed by atoms with Crippen molar-refractivity contribution in [3.05, 3.63) is 0 Å². The van der Waals surface area contributed by atoms with E-state index in [4.69, 9.17) is 37.0 Å². The summed E-state index contributed by atoms with van der Waals surface area (Å²) in [4.78, 5) is 72.4. The van der Waals surface area contributed by atoms with Gasteiger partial charge in [0.25, 0.3) is 0 Å². The van der Waals surface area contributed by atoms with Crippen molar-refractivity contribution in [1.29, 1.82) is 0 Å². The lowest BCUT2D eigenvalue weighted by Crippen LogP contribution is -2.30. The van der Waals surface area contributed by atoms with Gasteiger partial charge in [-0.2, -0.15) is 0 Å². The van der Waals surface area contributed by atoms with Crippen LogP contribution in [0.25, 0.3) is 0 Å². The molecule has 0 saturated carbocycles. The summed E-state index contributed by atoms with van der Waals surface area (Å²) in [5.74, 6) is 0.834. The van der Waals surface area contributed by atoms with E-state index < -0.39 is 97.5 Å². The van der Waals surface area contributed by atoms with Gasteiger partial charge in [0.15, 0.2) is 12.2 Å². The first kappa shape index (κ1) is 84.1. The molecule has 0 aliphatic rings. The number of rotatable bonds is 64. The number of unbranched alkanes of at least 4 members (excludes halogenated alkanes) is 28. The molecule has 17 nitrogen and oxygen atoms in total. The second-order valence-corrected chi connectivity index (χ2v) is 28.6. The minimum Gasteiger partial charge on any atom is -0.462 e. The van der Waals surface area contributed by atoms with E-state index in [-0.39, 0.29) is 25.7 Å². The normalized spacial score (nSPS) is 15.0. The number of hydrogen-bond donors (Lipinski definition) is 3. The van der Waals surface area contributed by atoms with E-state index in [2.05, 4.69) is 55.4 Å². The fourth-order valence-corrected chi connectivity index (χ4v) is 11.5. The molecular weight excluding hydrogens is 1140 g/mol. The molecule has 5 unspecified atom stereocenters. The number of aliphatic hydroxyl groups is 1. The number of carbonyl (C=O) groups is 4. The third-order valence-electron chi connectivity index (χ3n) is 16.0. The first-order chi connectivity index (χ1) is 41.2. The van der Waals surface area contributed by atoms with E-state index in [1.165, 1.54) is 116 Å². The van der Waals surface area contributed by atoms with Gasteiger partial charge in [-0.05, 0) is 49.4 Å². The Kier molecular flexibility index (Phi) is 55.7. The van der Waals surface area contributed by atoms with E-state index in [0.717, 1.165) is 120 Å². The standard InChI is InChI=1S/C67H130O17P2/c1-9-59(7)45-37-29-21-16-17-23-34-42-50-67(72)84-63(54-78-65(70)48-40-32-26-25-30-38-46-60(8)10-2)56-82-86(75,76)80-52-61(68)51-79-85(73,74)81-55-62(53-77-64(69)47-39-31-24-18-20-28-36-44-58(5)6)83-66(71)49-41-33-22-15-13-11-12-14-19-27-35-43-57(3)4/h57-63,68H,9-56H2,1-8H3,(H,73,74)(H,75,76)/t59?,60?,61?,62-,63-/m1/s1. The predicted molar refractivity (Wildman–Crippen MR) is 344 cm³/mol. The Morgan fingerprint density at radius 2 is 0.558 bits per heavy atom. The third-order valence-corrected chi connectivity index (χ3v) is 17.9. The summed E-state index contributed by atoms with van der Waals surface area (Å²) < 4.78 is 68.1. The average Bonchev–Trinajstić information content (AvgIpc) is 3.67. The molecule has 86 heavy (non-hydrogen) atoms. The Labute approximate surface area is 524 Å². The number of aliphatic hydroxyl groups excluding tert-OH is 1. The highest BCUT2D eigenvalue weighted by atomic mass is 31.2. The number of hydrogen-bond acceptors (Lipinski definition) is 15. The highest BCUT2D eigenvalue weighted by Gasteiger charge is 2.30. The molecule has 0 aliphatic heterocycles. The molecule has 0 amide bonds. The van der Waals surface area contributed by atoms with Crippen molar-refractivity contribution in [2.45, 2.75) is 343 Å². The zero-order valence-electron chi connectivity index (χ0n) is 55.9. The lowest BCUT2D eigenvalue weighted by Gasteiger charge is -2.21. The van der Waals surface area contributed by atoms with E-state index in [1.54, 1.807) is 0 Å². The quantitative estimate of drug-likeness (QED) is 0.0222. The number of phosphoric acid groups is 2. The maximum absolute atomic E-state index is 13.0. The molecule has 0 bridgehead atoms. The minimum absolute atomic E-state index is 0.103. The van der Waals surface area contributed by atoms with Gasteiger partial charge in [0.05, 0.1) is 26.4 Å². The zero-order chi connectivity index (χ0) is 63.9. The number of ether oxygens (including phenoxy) is 4. The number of esters is 4. The average molecular weight is 1270 g/mol. The van der Waals surface area contributed by atoms with Crippen LogP contribution in [0.15, 0.2) is 0 Å². The van der Waals surface area contributed by atoms with Crippen LogP contribution in [0.5, 0.6) is 0 Å². The molecule has 510 valence electrons. The Balaban J connectivity index is 5.27. The number of phosphoric ester groups is 2. The zero-order valence-corrected chi connectivity index (χ0v) is 57.7. The Bertz CT molecular complexity index is 1720. The molecule has 0 fully saturated rings. The van der Waals surface area contributed by atoms with Crippen LogP contribution in [0.4, 0.5) is 0 Å². The highest BCUT2D eigenvalue weighted by molar-refractivity contribution is 7.47. The monoisotopic (exact) mass is 1270 g/mol. The van der Waals surface area contributed by atoms with E-state index in [0.29, 0.717) is 31.6 Å². The van der Waals surface area contributed by atoms with Crippen LogP contribution in [-0.4, -0.2) is 96.7 Å². The molecule has 0 rings (SSSR count). The first-order valence-corrected chi connectivity index (χ1v) is 37.8. The molecule has 7 atom stereocenters. The van der Waals surface area contributed by atoms with E-state index in [1.807, 2.05) is 0 Å². The fraction of sp³-hybridized carbons (Fsp3) is 0.940. The van der Waals surface area contributed by atoms with Crippen LogP contribution in [0.3, 0.4) is 0 Å². The van der Waals surface area contributed by atoms with E-state index >= 15 is 0 Å². The lowest BCUT2D eigenvalue weighted by atomic mass is 9.99. The van der Waals surface area contributed by atoms with Gasteiger partial charge in [0, 0.05) is 25.7 Å². The molecule has 0 aliphatic carbocycles. The maximum atomic E-state index is 13.0. The molecule has 19 heteroatoms. The topological polar surface area (TPSA) is 237 Å². The van der Waals surface area contributed by atoms with Gasteiger partial charge in [0.2, 0.25) is 0 Å². The molecule has 0 heterocycles. The first-order valence-electron chi connectivity index (χ1n) is 34.8. The van der Waals surface area contributed by atoms with Crippen LogP contribution in [0, 0.1) is 23.7 Å². The minimum atomic E-state index is -4.95. The molecule has 0 aromatic heterocycles.